The maximum atomic E-state index is 12.9. The number of benzene rings is 1. The Hall–Kier alpha value is -4.20. The van der Waals surface area contributed by atoms with Crippen LogP contribution in [0.15, 0.2) is 27.8 Å². The first-order valence-corrected chi connectivity index (χ1v) is 10.2. The van der Waals surface area contributed by atoms with Crippen LogP contribution >= 0.6 is 0 Å². The highest BCUT2D eigenvalue weighted by molar-refractivity contribution is 6.00. The molecule has 0 unspecified atom stereocenters. The molecule has 34 heavy (non-hydrogen) atoms. The average molecular weight is 478 g/mol. The first-order valence-electron chi connectivity index (χ1n) is 10.2. The molecule has 0 aliphatic rings. The van der Waals surface area contributed by atoms with Crippen molar-refractivity contribution in [2.24, 2.45) is 0 Å². The van der Waals surface area contributed by atoms with Gasteiger partial charge in [-0.2, -0.15) is 0 Å². The van der Waals surface area contributed by atoms with Crippen molar-refractivity contribution in [3.05, 3.63) is 54.7 Å². The zero-order valence-electron chi connectivity index (χ0n) is 19.0. The minimum Gasteiger partial charge on any atom is -0.452 e. The number of aromatic nitrogens is 2. The Morgan fingerprint density at radius 2 is 2.03 bits per heavy atom. The highest BCUT2D eigenvalue weighted by Crippen LogP contribution is 2.23. The monoisotopic (exact) mass is 478 g/mol. The molecule has 4 N–H and O–H groups in total. The van der Waals surface area contributed by atoms with Crippen molar-refractivity contribution < 1.29 is 24.0 Å². The fraction of sp³-hybridized carbons (Fsp3) is 0.400. The highest BCUT2D eigenvalue weighted by Gasteiger charge is 2.26. The van der Waals surface area contributed by atoms with Crippen LogP contribution < -0.4 is 27.2 Å². The van der Waals surface area contributed by atoms with Crippen molar-refractivity contribution in [2.45, 2.75) is 19.9 Å². The number of ether oxygens (including phenoxy) is 2. The molecule has 0 saturated carbocycles. The van der Waals surface area contributed by atoms with Crippen molar-refractivity contribution in [3.8, 4) is 0 Å². The molecule has 0 aliphatic carbocycles. The first kappa shape index (κ1) is 26.1. The summed E-state index contributed by atoms with van der Waals surface area (Å²) in [5.74, 6) is -2.03. The fourth-order valence-corrected chi connectivity index (χ4v) is 3.14. The van der Waals surface area contributed by atoms with Crippen LogP contribution in [0, 0.1) is 10.1 Å². The molecule has 0 spiro atoms. The lowest BCUT2D eigenvalue weighted by atomic mass is 10.1. The van der Waals surface area contributed by atoms with Gasteiger partial charge in [-0.1, -0.05) is 6.92 Å². The van der Waals surface area contributed by atoms with Gasteiger partial charge in [0.1, 0.15) is 5.82 Å². The van der Waals surface area contributed by atoms with E-state index in [1.807, 2.05) is 0 Å². The number of nitrogens with one attached hydrogen (secondary N) is 2. The number of amides is 1. The van der Waals surface area contributed by atoms with Crippen LogP contribution in [0.3, 0.4) is 0 Å². The summed E-state index contributed by atoms with van der Waals surface area (Å²) in [6, 6.07) is 3.56. The van der Waals surface area contributed by atoms with Crippen LogP contribution in [-0.4, -0.2) is 60.3 Å². The lowest BCUT2D eigenvalue weighted by Crippen LogP contribution is -2.44. The summed E-state index contributed by atoms with van der Waals surface area (Å²) in [6.45, 7) is 1.09. The third-order valence-corrected chi connectivity index (χ3v) is 4.78. The number of nitrogens with zero attached hydrogens (tertiary/aromatic N) is 3. The molecule has 1 amide bonds. The van der Waals surface area contributed by atoms with Crippen LogP contribution in [-0.2, 0) is 20.8 Å². The molecule has 1 heterocycles. The summed E-state index contributed by atoms with van der Waals surface area (Å²) in [4.78, 5) is 63.6. The minimum atomic E-state index is -0.995. The second kappa shape index (κ2) is 11.6. The minimum absolute atomic E-state index is 0.0141. The number of carbonyl (C=O) groups is 2. The van der Waals surface area contributed by atoms with Gasteiger partial charge in [0.05, 0.1) is 17.1 Å². The summed E-state index contributed by atoms with van der Waals surface area (Å²) in [7, 11) is 2.89. The Morgan fingerprint density at radius 3 is 2.62 bits per heavy atom. The Morgan fingerprint density at radius 1 is 1.32 bits per heavy atom. The molecular weight excluding hydrogens is 452 g/mol. The van der Waals surface area contributed by atoms with Gasteiger partial charge in [0, 0.05) is 45.1 Å². The highest BCUT2D eigenvalue weighted by atomic mass is 16.6. The first-order chi connectivity index (χ1) is 16.2. The number of nitrogens with two attached hydrogens (primary N) is 1. The maximum Gasteiger partial charge on any atom is 0.341 e. The van der Waals surface area contributed by atoms with Crippen molar-refractivity contribution in [1.82, 2.24) is 9.55 Å². The SMILES string of the molecule is CCCn1c(N)c(N(CCOC)C(=O)COC(=O)c2cc([N+](=O)[O-])ccc2NC)c(=O)[nH]c1=O. The summed E-state index contributed by atoms with van der Waals surface area (Å²) >= 11 is 0. The van der Waals surface area contributed by atoms with Crippen molar-refractivity contribution >= 4 is 34.8 Å². The van der Waals surface area contributed by atoms with Crippen molar-refractivity contribution in [3.63, 3.8) is 0 Å². The van der Waals surface area contributed by atoms with Gasteiger partial charge < -0.3 is 20.5 Å². The van der Waals surface area contributed by atoms with Gasteiger partial charge in [0.2, 0.25) is 0 Å². The van der Waals surface area contributed by atoms with E-state index in [1.165, 1.54) is 26.3 Å². The van der Waals surface area contributed by atoms with Gasteiger partial charge in [-0.15, -0.1) is 0 Å². The van der Waals surface area contributed by atoms with Gasteiger partial charge in [-0.25, -0.2) is 9.59 Å². The quantitative estimate of drug-likeness (QED) is 0.230. The van der Waals surface area contributed by atoms with Crippen LogP contribution in [0.25, 0.3) is 0 Å². The third-order valence-electron chi connectivity index (χ3n) is 4.78. The van der Waals surface area contributed by atoms with Gasteiger partial charge in [0.25, 0.3) is 17.2 Å². The van der Waals surface area contributed by atoms with Crippen molar-refractivity contribution in [1.29, 1.82) is 0 Å². The molecule has 14 heteroatoms. The van der Waals surface area contributed by atoms with Crippen molar-refractivity contribution in [2.75, 3.05) is 49.9 Å². The lowest BCUT2D eigenvalue weighted by molar-refractivity contribution is -0.384. The Bertz CT molecular complexity index is 1190. The smallest absolute Gasteiger partial charge is 0.341 e. The van der Waals surface area contributed by atoms with E-state index < -0.39 is 34.7 Å². The number of nitro benzene ring substituents is 1. The third kappa shape index (κ3) is 5.78. The molecule has 0 fully saturated rings. The standard InChI is InChI=1S/C20H26N6O8/c1-4-7-25-17(21)16(18(28)23-20(25)30)24(8-9-33-3)15(27)11-34-19(29)13-10-12(26(31)32)5-6-14(13)22-2/h5-6,10,22H,4,7-9,11,21H2,1-3H3,(H,23,28,30). The fourth-order valence-electron chi connectivity index (χ4n) is 3.14. The number of nitrogen functional groups attached to an aromatic ring is 1. The van der Waals surface area contributed by atoms with E-state index in [0.717, 1.165) is 15.5 Å². The normalized spacial score (nSPS) is 10.6. The van der Waals surface area contributed by atoms with Crippen LogP contribution in [0.2, 0.25) is 0 Å². The number of hydrogen-bond acceptors (Lipinski definition) is 10. The molecule has 14 nitrogen and oxygen atoms in total. The van der Waals surface area contributed by atoms with E-state index in [0.29, 0.717) is 6.42 Å². The average Bonchev–Trinajstić information content (AvgIpc) is 2.81. The number of anilines is 3. The van der Waals surface area contributed by atoms with Gasteiger partial charge in [-0.3, -0.25) is 34.2 Å². The molecule has 0 atom stereocenters. The molecule has 0 radical (unpaired) electrons. The lowest BCUT2D eigenvalue weighted by Gasteiger charge is -2.24. The van der Waals surface area contributed by atoms with E-state index in [1.54, 1.807) is 6.92 Å². The van der Waals surface area contributed by atoms with Crippen LogP contribution in [0.1, 0.15) is 23.7 Å². The summed E-state index contributed by atoms with van der Waals surface area (Å²) in [6.07, 6.45) is 0.538. The number of rotatable bonds is 11. The van der Waals surface area contributed by atoms with E-state index in [9.17, 15) is 29.3 Å². The van der Waals surface area contributed by atoms with Crippen LogP contribution in [0.5, 0.6) is 0 Å². The number of H-pyrrole nitrogens is 1. The van der Waals surface area contributed by atoms with Gasteiger partial charge in [0.15, 0.2) is 12.3 Å². The van der Waals surface area contributed by atoms with E-state index in [-0.39, 0.29) is 48.1 Å². The van der Waals surface area contributed by atoms with Crippen LogP contribution in [0.4, 0.5) is 22.9 Å². The van der Waals surface area contributed by atoms with E-state index in [4.69, 9.17) is 15.2 Å². The number of aromatic amines is 1. The van der Waals surface area contributed by atoms with Gasteiger partial charge in [-0.05, 0) is 12.5 Å². The Kier molecular flexibility index (Phi) is 8.89. The molecule has 2 aromatic rings. The van der Waals surface area contributed by atoms with E-state index in [2.05, 4.69) is 10.3 Å². The molecular formula is C20H26N6O8. The largest absolute Gasteiger partial charge is 0.452 e. The Labute approximate surface area is 193 Å². The summed E-state index contributed by atoms with van der Waals surface area (Å²) in [5, 5.41) is 13.8. The zero-order valence-corrected chi connectivity index (χ0v) is 19.0. The molecule has 1 aromatic heterocycles. The Balaban J connectivity index is 2.35. The second-order valence-corrected chi connectivity index (χ2v) is 7.00. The number of hydrogen-bond donors (Lipinski definition) is 3. The number of carbonyl (C=O) groups excluding carboxylic acids is 2. The number of esters is 1. The summed E-state index contributed by atoms with van der Waals surface area (Å²) in [5.41, 5.74) is 3.92. The number of nitro groups is 1. The topological polar surface area (TPSA) is 192 Å². The molecule has 184 valence electrons. The predicted molar refractivity (Wildman–Crippen MR) is 123 cm³/mol. The summed E-state index contributed by atoms with van der Waals surface area (Å²) < 4.78 is 11.2. The number of non-ortho nitro benzene ring substituents is 1. The molecule has 2 rings (SSSR count). The molecule has 1 aromatic carbocycles. The number of methoxy groups -OCH3 is 1. The predicted octanol–water partition coefficient (Wildman–Crippen LogP) is 0.315. The molecule has 0 aliphatic heterocycles. The molecule has 0 saturated heterocycles. The molecule has 0 bridgehead atoms. The van der Waals surface area contributed by atoms with E-state index >= 15 is 0 Å². The zero-order chi connectivity index (χ0) is 25.4. The maximum absolute atomic E-state index is 12.9. The second-order valence-electron chi connectivity index (χ2n) is 7.00. The van der Waals surface area contributed by atoms with Gasteiger partial charge >= 0.3 is 11.7 Å².